The van der Waals surface area contributed by atoms with Gasteiger partial charge in [-0.1, -0.05) is 19.1 Å². The molecule has 104 valence electrons. The Labute approximate surface area is 109 Å². The Morgan fingerprint density at radius 3 is 2.37 bits per heavy atom. The van der Waals surface area contributed by atoms with E-state index in [1.165, 1.54) is 31.2 Å². The summed E-state index contributed by atoms with van der Waals surface area (Å²) in [5.41, 5.74) is 1.48. The molecule has 0 bridgehead atoms. The minimum Gasteiger partial charge on any atom is -0.507 e. The monoisotopic (exact) mass is 288 g/mol. The zero-order chi connectivity index (χ0) is 14.6. The average Bonchev–Trinajstić information content (AvgIpc) is 2.34. The summed E-state index contributed by atoms with van der Waals surface area (Å²) in [7, 11) is -4.92. The Bertz CT molecular complexity index is 598. The van der Waals surface area contributed by atoms with Crippen LogP contribution in [-0.2, 0) is 15.1 Å². The highest BCUT2D eigenvalue weighted by Crippen LogP contribution is 2.15. The van der Waals surface area contributed by atoms with Gasteiger partial charge in [0.05, 0.1) is 5.56 Å². The average molecular weight is 288 g/mol. The molecule has 0 fully saturated rings. The lowest BCUT2D eigenvalue weighted by Gasteiger charge is -2.18. The number of carbonyl (C=O) groups is 2. The molecule has 0 heterocycles. The molecular formula is C10H12N2O6S. The van der Waals surface area contributed by atoms with Crippen molar-refractivity contribution in [3.63, 3.8) is 0 Å². The van der Waals surface area contributed by atoms with Gasteiger partial charge >= 0.3 is 10.3 Å². The third-order valence-corrected chi connectivity index (χ3v) is 2.87. The van der Waals surface area contributed by atoms with Crippen LogP contribution in [-0.4, -0.2) is 34.3 Å². The van der Waals surface area contributed by atoms with Crippen molar-refractivity contribution >= 4 is 22.1 Å². The summed E-state index contributed by atoms with van der Waals surface area (Å²) >= 11 is 0. The predicted molar refractivity (Wildman–Crippen MR) is 64.3 cm³/mol. The minimum absolute atomic E-state index is 0.179. The standard InChI is InChI=1S/C10H12N2O6S/c1-2-9(14)12(19(16,17)18)11-10(15)7-5-3-4-6-8(7)13/h3-6,13H,2H2,1H3,(H,11,15)(H,16,17,18). The number of hydrazine groups is 1. The highest BCUT2D eigenvalue weighted by molar-refractivity contribution is 7.83. The largest absolute Gasteiger partial charge is 0.507 e. The highest BCUT2D eigenvalue weighted by Gasteiger charge is 2.27. The van der Waals surface area contributed by atoms with Crippen LogP contribution < -0.4 is 5.43 Å². The van der Waals surface area contributed by atoms with Gasteiger partial charge in [0.15, 0.2) is 0 Å². The number of hydrogen-bond donors (Lipinski definition) is 3. The van der Waals surface area contributed by atoms with Gasteiger partial charge in [0.1, 0.15) is 5.75 Å². The number of amides is 2. The van der Waals surface area contributed by atoms with Gasteiger partial charge in [0.25, 0.3) is 11.8 Å². The number of rotatable bonds is 3. The van der Waals surface area contributed by atoms with Crippen molar-refractivity contribution in [3.05, 3.63) is 29.8 Å². The molecule has 0 aliphatic heterocycles. The topological polar surface area (TPSA) is 124 Å². The minimum atomic E-state index is -4.92. The molecule has 0 aromatic heterocycles. The number of phenols is 1. The highest BCUT2D eigenvalue weighted by atomic mass is 32.2. The first-order valence-corrected chi connectivity index (χ1v) is 6.56. The number of para-hydroxylation sites is 1. The van der Waals surface area contributed by atoms with E-state index < -0.39 is 22.1 Å². The lowest BCUT2D eigenvalue weighted by atomic mass is 10.2. The number of aromatic hydroxyl groups is 1. The van der Waals surface area contributed by atoms with Crippen molar-refractivity contribution in [2.24, 2.45) is 0 Å². The molecule has 1 aromatic carbocycles. The van der Waals surface area contributed by atoms with E-state index in [2.05, 4.69) is 0 Å². The molecule has 3 N–H and O–H groups in total. The molecular weight excluding hydrogens is 276 g/mol. The summed E-state index contributed by atoms with van der Waals surface area (Å²) in [6.45, 7) is 1.35. The lowest BCUT2D eigenvalue weighted by molar-refractivity contribution is -0.128. The van der Waals surface area contributed by atoms with Crippen molar-refractivity contribution in [2.45, 2.75) is 13.3 Å². The van der Waals surface area contributed by atoms with Gasteiger partial charge in [-0.15, -0.1) is 4.41 Å². The molecule has 0 aliphatic carbocycles. The van der Waals surface area contributed by atoms with E-state index in [1.54, 1.807) is 5.43 Å². The quantitative estimate of drug-likeness (QED) is 0.534. The summed E-state index contributed by atoms with van der Waals surface area (Å²) < 4.78 is 30.6. The Hall–Kier alpha value is -2.13. The molecule has 8 nitrogen and oxygen atoms in total. The van der Waals surface area contributed by atoms with Crippen molar-refractivity contribution < 1.29 is 27.7 Å². The number of nitrogens with one attached hydrogen (secondary N) is 1. The lowest BCUT2D eigenvalue weighted by Crippen LogP contribution is -2.49. The first kappa shape index (κ1) is 14.9. The fourth-order valence-electron chi connectivity index (χ4n) is 1.21. The van der Waals surface area contributed by atoms with Crippen LogP contribution in [0.25, 0.3) is 0 Å². The molecule has 0 radical (unpaired) electrons. The van der Waals surface area contributed by atoms with E-state index in [9.17, 15) is 23.1 Å². The Balaban J connectivity index is 3.02. The third kappa shape index (κ3) is 3.66. The van der Waals surface area contributed by atoms with E-state index in [4.69, 9.17) is 4.55 Å². The smallest absolute Gasteiger partial charge is 0.380 e. The molecule has 0 unspecified atom stereocenters. The molecule has 0 saturated heterocycles. The van der Waals surface area contributed by atoms with Crippen LogP contribution in [0, 0.1) is 0 Å². The normalized spacial score (nSPS) is 10.8. The summed E-state index contributed by atoms with van der Waals surface area (Å²) in [6, 6.07) is 5.34. The second-order valence-corrected chi connectivity index (χ2v) is 4.71. The van der Waals surface area contributed by atoms with Crippen LogP contribution >= 0.6 is 0 Å². The number of benzene rings is 1. The summed E-state index contributed by atoms with van der Waals surface area (Å²) in [6.07, 6.45) is -0.249. The molecule has 9 heteroatoms. The van der Waals surface area contributed by atoms with Crippen molar-refractivity contribution in [2.75, 3.05) is 0 Å². The second-order valence-electron chi connectivity index (χ2n) is 3.45. The maximum absolute atomic E-state index is 11.7. The molecule has 0 atom stereocenters. The van der Waals surface area contributed by atoms with Gasteiger partial charge in [-0.2, -0.15) is 8.42 Å². The molecule has 2 amide bonds. The number of hydrogen-bond acceptors (Lipinski definition) is 5. The van der Waals surface area contributed by atoms with Gasteiger partial charge in [-0.05, 0) is 12.1 Å². The number of nitrogens with zero attached hydrogens (tertiary/aromatic N) is 1. The van der Waals surface area contributed by atoms with Crippen LogP contribution in [0.15, 0.2) is 24.3 Å². The number of carbonyl (C=O) groups excluding carboxylic acids is 2. The van der Waals surface area contributed by atoms with Crippen LogP contribution in [0.3, 0.4) is 0 Å². The Kier molecular flexibility index (Phi) is 4.46. The number of phenolic OH excluding ortho intramolecular Hbond substituents is 1. The van der Waals surface area contributed by atoms with Gasteiger partial charge < -0.3 is 5.11 Å². The fourth-order valence-corrected chi connectivity index (χ4v) is 1.80. The van der Waals surface area contributed by atoms with Crippen LogP contribution in [0.2, 0.25) is 0 Å². The Morgan fingerprint density at radius 1 is 1.32 bits per heavy atom. The summed E-state index contributed by atoms with van der Waals surface area (Å²) in [5, 5.41) is 9.42. The Morgan fingerprint density at radius 2 is 1.89 bits per heavy atom. The second kappa shape index (κ2) is 5.67. The molecule has 0 aliphatic rings. The van der Waals surface area contributed by atoms with Crippen molar-refractivity contribution in [1.82, 2.24) is 9.84 Å². The SMILES string of the molecule is CCC(=O)N(NC(=O)c1ccccc1O)S(=O)(=O)O. The van der Waals surface area contributed by atoms with E-state index in [-0.39, 0.29) is 22.1 Å². The summed E-state index contributed by atoms with van der Waals surface area (Å²) in [5.74, 6) is -2.46. The van der Waals surface area contributed by atoms with Crippen LogP contribution in [0.4, 0.5) is 0 Å². The molecule has 1 rings (SSSR count). The van der Waals surface area contributed by atoms with E-state index in [0.29, 0.717) is 0 Å². The molecule has 19 heavy (non-hydrogen) atoms. The van der Waals surface area contributed by atoms with Crippen molar-refractivity contribution in [1.29, 1.82) is 0 Å². The maximum Gasteiger partial charge on any atom is 0.380 e. The zero-order valence-electron chi connectivity index (χ0n) is 9.90. The van der Waals surface area contributed by atoms with Crippen molar-refractivity contribution in [3.8, 4) is 5.75 Å². The van der Waals surface area contributed by atoms with E-state index in [0.717, 1.165) is 0 Å². The van der Waals surface area contributed by atoms with Gasteiger partial charge in [0, 0.05) is 6.42 Å². The first-order valence-electron chi connectivity index (χ1n) is 5.17. The van der Waals surface area contributed by atoms with Crippen LogP contribution in [0.5, 0.6) is 5.75 Å². The maximum atomic E-state index is 11.7. The van der Waals surface area contributed by atoms with Gasteiger partial charge in [-0.3, -0.25) is 14.1 Å². The zero-order valence-corrected chi connectivity index (χ0v) is 10.7. The van der Waals surface area contributed by atoms with Crippen LogP contribution in [0.1, 0.15) is 23.7 Å². The first-order chi connectivity index (χ1) is 8.77. The fraction of sp³-hybridized carbons (Fsp3) is 0.200. The third-order valence-electron chi connectivity index (χ3n) is 2.11. The molecule has 0 spiro atoms. The van der Waals surface area contributed by atoms with Gasteiger partial charge in [-0.25, -0.2) is 5.43 Å². The molecule has 0 saturated carbocycles. The van der Waals surface area contributed by atoms with E-state index in [1.807, 2.05) is 0 Å². The van der Waals surface area contributed by atoms with Gasteiger partial charge in [0.2, 0.25) is 0 Å². The van der Waals surface area contributed by atoms with E-state index >= 15 is 0 Å². The predicted octanol–water partition coefficient (Wildman–Crippen LogP) is 0.0784. The summed E-state index contributed by atoms with van der Waals surface area (Å²) in [4.78, 5) is 23.0. The molecule has 1 aromatic rings.